The number of esters is 1. The maximum absolute atomic E-state index is 13.6. The fourth-order valence-corrected chi connectivity index (χ4v) is 6.63. The van der Waals surface area contributed by atoms with Crippen LogP contribution >= 0.6 is 0 Å². The molecule has 5 rings (SSSR count). The Morgan fingerprint density at radius 1 is 1.21 bits per heavy atom. The maximum atomic E-state index is 13.6. The van der Waals surface area contributed by atoms with Crippen LogP contribution in [0.15, 0.2) is 48.7 Å². The molecule has 2 aromatic rings. The Morgan fingerprint density at radius 2 is 2.05 bits per heavy atom. The first-order chi connectivity index (χ1) is 18.3. The molecule has 7 atom stereocenters. The molecule has 8 nitrogen and oxygen atoms in total. The molecule has 3 fully saturated rings. The van der Waals surface area contributed by atoms with E-state index in [-0.39, 0.29) is 47.6 Å². The number of amides is 1. The highest BCUT2D eigenvalue weighted by atomic mass is 19.1. The number of carboxylic acid groups (broad SMARTS) is 1. The lowest BCUT2D eigenvalue weighted by Crippen LogP contribution is -2.48. The maximum Gasteiger partial charge on any atom is 0.407 e. The Labute approximate surface area is 220 Å². The standard InChI is InChI=1S/C29H31FN2O6/c1-16-27-24(10-7-21-6-5-18(14-31-21)17-3-2-4-20(30)11-17)23-9-8-22(32-29(36)37-15-26(33)34)12-19(23)13-25(27)28(35)38-16/h2-7,10-11,14,16,19,22-25,27H,8-9,12-13,15H2,1H3,(H,32,36)(H,33,34)/b10-7+/t16-,19+,22+,23-,24+,25-,27+/m1/s1. The van der Waals surface area contributed by atoms with Gasteiger partial charge in [0.15, 0.2) is 6.61 Å². The third kappa shape index (κ3) is 5.56. The van der Waals surface area contributed by atoms with Gasteiger partial charge in [-0.1, -0.05) is 24.3 Å². The van der Waals surface area contributed by atoms with Crippen molar-refractivity contribution in [1.29, 1.82) is 0 Å². The monoisotopic (exact) mass is 522 g/mol. The van der Waals surface area contributed by atoms with Crippen molar-refractivity contribution >= 4 is 24.1 Å². The Kier molecular flexibility index (Phi) is 7.44. The van der Waals surface area contributed by atoms with Gasteiger partial charge < -0.3 is 19.9 Å². The summed E-state index contributed by atoms with van der Waals surface area (Å²) >= 11 is 0. The SMILES string of the molecule is C[C@H]1OC(=O)[C@@H]2C[C@@H]3C[C@@H](NC(=O)OCC(=O)O)CC[C@H]3[C@H](/C=C/c3ccc(-c4cccc(F)c4)cn3)[C@H]12. The van der Waals surface area contributed by atoms with Gasteiger partial charge in [-0.2, -0.15) is 0 Å². The number of pyridine rings is 1. The minimum Gasteiger partial charge on any atom is -0.479 e. The Hall–Kier alpha value is -3.75. The number of carbonyl (C=O) groups is 3. The van der Waals surface area contributed by atoms with Crippen molar-refractivity contribution in [1.82, 2.24) is 10.3 Å². The molecule has 0 radical (unpaired) electrons. The van der Waals surface area contributed by atoms with Crippen molar-refractivity contribution in [2.75, 3.05) is 6.61 Å². The third-order valence-electron chi connectivity index (χ3n) is 8.23. The van der Waals surface area contributed by atoms with Gasteiger partial charge in [-0.3, -0.25) is 9.78 Å². The van der Waals surface area contributed by atoms with Crippen molar-refractivity contribution < 1.29 is 33.4 Å². The van der Waals surface area contributed by atoms with Crippen LogP contribution in [0.25, 0.3) is 17.2 Å². The lowest BCUT2D eigenvalue weighted by molar-refractivity contribution is -0.144. The van der Waals surface area contributed by atoms with E-state index >= 15 is 0 Å². The number of fused-ring (bicyclic) bond motifs is 2. The number of hydrogen-bond donors (Lipinski definition) is 2. The zero-order valence-corrected chi connectivity index (χ0v) is 21.1. The van der Waals surface area contributed by atoms with Gasteiger partial charge in [0, 0.05) is 23.7 Å². The zero-order valence-electron chi connectivity index (χ0n) is 21.1. The molecule has 1 aromatic carbocycles. The fraction of sp³-hybridized carbons (Fsp3) is 0.448. The van der Waals surface area contributed by atoms with E-state index in [4.69, 9.17) is 14.6 Å². The van der Waals surface area contributed by atoms with Gasteiger partial charge in [-0.15, -0.1) is 0 Å². The normalized spacial score (nSPS) is 30.3. The molecule has 0 spiro atoms. The van der Waals surface area contributed by atoms with Crippen molar-refractivity contribution in [3.05, 3.63) is 60.2 Å². The molecule has 2 N–H and O–H groups in total. The van der Waals surface area contributed by atoms with E-state index in [1.54, 1.807) is 12.3 Å². The first-order valence-electron chi connectivity index (χ1n) is 13.0. The molecule has 3 aliphatic rings. The molecule has 200 valence electrons. The first kappa shape index (κ1) is 25.9. The molecule has 1 saturated heterocycles. The first-order valence-corrected chi connectivity index (χ1v) is 13.0. The van der Waals surface area contributed by atoms with Crippen molar-refractivity contribution in [2.45, 2.75) is 44.8 Å². The molecule has 2 aliphatic carbocycles. The number of aliphatic carboxylic acids is 1. The number of ether oxygens (including phenoxy) is 2. The van der Waals surface area contributed by atoms with Crippen molar-refractivity contribution in [2.24, 2.45) is 29.6 Å². The highest BCUT2D eigenvalue weighted by molar-refractivity contribution is 5.76. The number of nitrogens with one attached hydrogen (secondary N) is 1. The second-order valence-corrected chi connectivity index (χ2v) is 10.5. The smallest absolute Gasteiger partial charge is 0.407 e. The molecular formula is C29H31FN2O6. The van der Waals surface area contributed by atoms with E-state index < -0.39 is 18.7 Å². The Balaban J connectivity index is 1.31. The van der Waals surface area contributed by atoms with Crippen LogP contribution in [-0.2, 0) is 19.1 Å². The van der Waals surface area contributed by atoms with E-state index in [0.717, 1.165) is 29.7 Å². The summed E-state index contributed by atoms with van der Waals surface area (Å²) < 4.78 is 24.0. The van der Waals surface area contributed by atoms with Crippen molar-refractivity contribution in [3.63, 3.8) is 0 Å². The minimum atomic E-state index is -1.20. The van der Waals surface area contributed by atoms with E-state index in [2.05, 4.69) is 16.4 Å². The Bertz CT molecular complexity index is 1230. The predicted octanol–water partition coefficient (Wildman–Crippen LogP) is 4.69. The van der Waals surface area contributed by atoms with Crippen LogP contribution in [0.2, 0.25) is 0 Å². The number of hydrogen-bond acceptors (Lipinski definition) is 6. The van der Waals surface area contributed by atoms with Crippen molar-refractivity contribution in [3.8, 4) is 11.1 Å². The summed E-state index contributed by atoms with van der Waals surface area (Å²) in [6.45, 7) is 1.28. The molecule has 0 unspecified atom stereocenters. The summed E-state index contributed by atoms with van der Waals surface area (Å²) in [5.41, 5.74) is 2.37. The van der Waals surface area contributed by atoms with Gasteiger partial charge in [-0.25, -0.2) is 14.0 Å². The number of aromatic nitrogens is 1. The number of rotatable bonds is 6. The van der Waals surface area contributed by atoms with Crippen LogP contribution in [0.3, 0.4) is 0 Å². The molecule has 1 amide bonds. The number of benzene rings is 1. The summed E-state index contributed by atoms with van der Waals surface area (Å²) in [7, 11) is 0. The number of cyclic esters (lactones) is 1. The number of allylic oxidation sites excluding steroid dienone is 1. The largest absolute Gasteiger partial charge is 0.479 e. The van der Waals surface area contributed by atoms with Gasteiger partial charge in [0.05, 0.1) is 11.6 Å². The summed E-state index contributed by atoms with van der Waals surface area (Å²) in [5.74, 6) is -1.12. The van der Waals surface area contributed by atoms with Crippen LogP contribution in [0.4, 0.5) is 9.18 Å². The van der Waals surface area contributed by atoms with E-state index in [0.29, 0.717) is 18.8 Å². The van der Waals surface area contributed by atoms with Crippen LogP contribution in [0.1, 0.15) is 38.3 Å². The summed E-state index contributed by atoms with van der Waals surface area (Å²) in [4.78, 5) is 39.9. The lowest BCUT2D eigenvalue weighted by Gasteiger charge is -2.47. The Morgan fingerprint density at radius 3 is 2.79 bits per heavy atom. The highest BCUT2D eigenvalue weighted by Crippen LogP contribution is 2.53. The predicted molar refractivity (Wildman–Crippen MR) is 136 cm³/mol. The number of carbonyl (C=O) groups excluding carboxylic acids is 2. The van der Waals surface area contributed by atoms with Crippen LogP contribution in [-0.4, -0.2) is 46.9 Å². The molecule has 38 heavy (non-hydrogen) atoms. The van der Waals surface area contributed by atoms with Crippen LogP contribution in [0, 0.1) is 35.4 Å². The summed E-state index contributed by atoms with van der Waals surface area (Å²) in [6, 6.07) is 10.1. The lowest BCUT2D eigenvalue weighted by atomic mass is 9.57. The third-order valence-corrected chi connectivity index (χ3v) is 8.23. The molecule has 9 heteroatoms. The second-order valence-electron chi connectivity index (χ2n) is 10.5. The zero-order chi connectivity index (χ0) is 26.8. The average molecular weight is 523 g/mol. The quantitative estimate of drug-likeness (QED) is 0.529. The number of nitrogens with zero attached hydrogens (tertiary/aromatic N) is 1. The fourth-order valence-electron chi connectivity index (χ4n) is 6.63. The molecule has 1 aromatic heterocycles. The highest BCUT2D eigenvalue weighted by Gasteiger charge is 2.54. The van der Waals surface area contributed by atoms with Crippen LogP contribution < -0.4 is 5.32 Å². The molecule has 2 heterocycles. The van der Waals surface area contributed by atoms with E-state index in [1.807, 2.05) is 31.2 Å². The molecule has 1 aliphatic heterocycles. The van der Waals surface area contributed by atoms with E-state index in [1.165, 1.54) is 12.1 Å². The minimum absolute atomic E-state index is 0.0802. The molecular weight excluding hydrogens is 491 g/mol. The van der Waals surface area contributed by atoms with Gasteiger partial charge in [0.1, 0.15) is 11.9 Å². The number of alkyl carbamates (subject to hydrolysis) is 1. The van der Waals surface area contributed by atoms with Gasteiger partial charge in [0.25, 0.3) is 0 Å². The second kappa shape index (κ2) is 10.9. The van der Waals surface area contributed by atoms with Crippen LogP contribution in [0.5, 0.6) is 0 Å². The van der Waals surface area contributed by atoms with E-state index in [9.17, 15) is 18.8 Å². The van der Waals surface area contributed by atoms with Gasteiger partial charge >= 0.3 is 18.0 Å². The van der Waals surface area contributed by atoms with Gasteiger partial charge in [0.2, 0.25) is 0 Å². The number of carboxylic acids is 1. The summed E-state index contributed by atoms with van der Waals surface area (Å²) in [6.07, 6.45) is 7.99. The summed E-state index contributed by atoms with van der Waals surface area (Å²) in [5, 5.41) is 11.5. The average Bonchev–Trinajstić information content (AvgIpc) is 3.18. The van der Waals surface area contributed by atoms with Gasteiger partial charge in [-0.05, 0) is 80.2 Å². The topological polar surface area (TPSA) is 115 Å². The molecule has 0 bridgehead atoms. The number of halogens is 1. The molecule has 2 saturated carbocycles.